The van der Waals surface area contributed by atoms with Crippen molar-refractivity contribution in [3.8, 4) is 0 Å². The number of ether oxygens (including phenoxy) is 1. The van der Waals surface area contributed by atoms with Crippen LogP contribution in [0.2, 0.25) is 0 Å². The monoisotopic (exact) mass is 276 g/mol. The minimum absolute atomic E-state index is 0.218. The van der Waals surface area contributed by atoms with Crippen molar-refractivity contribution in [2.45, 2.75) is 44.1 Å². The van der Waals surface area contributed by atoms with E-state index in [2.05, 4.69) is 4.98 Å². The van der Waals surface area contributed by atoms with Crippen LogP contribution in [0.5, 0.6) is 0 Å². The van der Waals surface area contributed by atoms with Gasteiger partial charge in [0, 0.05) is 23.8 Å². The van der Waals surface area contributed by atoms with Gasteiger partial charge < -0.3 is 10.5 Å². The van der Waals surface area contributed by atoms with E-state index in [1.54, 1.807) is 11.3 Å². The molecule has 1 aliphatic rings. The second kappa shape index (κ2) is 6.54. The summed E-state index contributed by atoms with van der Waals surface area (Å²) in [5.41, 5.74) is 7.10. The maximum absolute atomic E-state index is 11.9. The van der Waals surface area contributed by atoms with Crippen LogP contribution >= 0.6 is 11.3 Å². The summed E-state index contributed by atoms with van der Waals surface area (Å²) < 4.78 is 28.6. The summed E-state index contributed by atoms with van der Waals surface area (Å²) in [5, 5.41) is 2.98. The van der Waals surface area contributed by atoms with E-state index in [0.29, 0.717) is 18.9 Å². The van der Waals surface area contributed by atoms with E-state index in [4.69, 9.17) is 10.5 Å². The van der Waals surface area contributed by atoms with Crippen molar-refractivity contribution >= 4 is 11.3 Å². The Bertz CT molecular complexity index is 373. The first-order chi connectivity index (χ1) is 8.66. The lowest BCUT2D eigenvalue weighted by atomic mass is 10.0. The molecule has 6 heteroatoms. The molecule has 18 heavy (non-hydrogen) atoms. The largest absolute Gasteiger partial charge is 0.375 e. The average Bonchev–Trinajstić information content (AvgIpc) is 2.92. The van der Waals surface area contributed by atoms with Crippen molar-refractivity contribution in [1.29, 1.82) is 0 Å². The van der Waals surface area contributed by atoms with Gasteiger partial charge in [0.2, 0.25) is 0 Å². The van der Waals surface area contributed by atoms with E-state index in [1.165, 1.54) is 0 Å². The molecule has 1 aromatic heterocycles. The Morgan fingerprint density at radius 2 is 2.33 bits per heavy atom. The van der Waals surface area contributed by atoms with Gasteiger partial charge in [0.15, 0.2) is 0 Å². The molecule has 3 nitrogen and oxygen atoms in total. The van der Waals surface area contributed by atoms with Gasteiger partial charge in [-0.15, -0.1) is 11.3 Å². The molecule has 0 aromatic carbocycles. The number of thiazole rings is 1. The SMILES string of the molecule is NC1CCCC1c1csc(CCOCC(F)F)n1. The van der Waals surface area contributed by atoms with E-state index in [9.17, 15) is 8.78 Å². The molecule has 2 atom stereocenters. The van der Waals surface area contributed by atoms with Crippen molar-refractivity contribution in [1.82, 2.24) is 4.98 Å². The molecule has 2 unspecified atom stereocenters. The molecule has 1 aromatic rings. The molecule has 2 N–H and O–H groups in total. The zero-order valence-corrected chi connectivity index (χ0v) is 11.0. The Morgan fingerprint density at radius 1 is 1.50 bits per heavy atom. The van der Waals surface area contributed by atoms with Crippen molar-refractivity contribution in [3.05, 3.63) is 16.1 Å². The lowest BCUT2D eigenvalue weighted by Crippen LogP contribution is -2.22. The summed E-state index contributed by atoms with van der Waals surface area (Å²) in [4.78, 5) is 4.53. The number of aromatic nitrogens is 1. The first-order valence-electron chi connectivity index (χ1n) is 6.22. The Kier molecular flexibility index (Phi) is 5.03. The molecule has 2 rings (SSSR count). The number of halogens is 2. The van der Waals surface area contributed by atoms with Crippen LogP contribution in [0.1, 0.15) is 35.9 Å². The van der Waals surface area contributed by atoms with Crippen LogP contribution < -0.4 is 5.73 Å². The highest BCUT2D eigenvalue weighted by Gasteiger charge is 2.27. The lowest BCUT2D eigenvalue weighted by molar-refractivity contribution is 0.0187. The molecule has 102 valence electrons. The molecule has 0 spiro atoms. The van der Waals surface area contributed by atoms with Crippen LogP contribution in [-0.4, -0.2) is 30.7 Å². The average molecular weight is 276 g/mol. The standard InChI is InChI=1S/C12H18F2N2OS/c13-11(14)6-17-5-4-12-16-10(7-18-12)8-2-1-3-9(8)15/h7-9,11H,1-6,15H2. The third-order valence-corrected chi connectivity index (χ3v) is 4.15. The van der Waals surface area contributed by atoms with Gasteiger partial charge in [-0.1, -0.05) is 6.42 Å². The Balaban J connectivity index is 1.79. The number of hydrogen-bond acceptors (Lipinski definition) is 4. The Morgan fingerprint density at radius 3 is 3.00 bits per heavy atom. The van der Waals surface area contributed by atoms with Crippen molar-refractivity contribution in [2.75, 3.05) is 13.2 Å². The minimum Gasteiger partial charge on any atom is -0.375 e. The topological polar surface area (TPSA) is 48.1 Å². The summed E-state index contributed by atoms with van der Waals surface area (Å²) >= 11 is 1.56. The fourth-order valence-corrected chi connectivity index (χ4v) is 3.14. The number of nitrogens with zero attached hydrogens (tertiary/aromatic N) is 1. The fraction of sp³-hybridized carbons (Fsp3) is 0.750. The van der Waals surface area contributed by atoms with Crippen molar-refractivity contribution < 1.29 is 13.5 Å². The first kappa shape index (κ1) is 13.8. The molecule has 0 amide bonds. The van der Waals surface area contributed by atoms with Crippen LogP contribution in [0.3, 0.4) is 0 Å². The van der Waals surface area contributed by atoms with Crippen molar-refractivity contribution in [3.63, 3.8) is 0 Å². The van der Waals surface area contributed by atoms with E-state index in [1.807, 2.05) is 5.38 Å². The third kappa shape index (κ3) is 3.70. The predicted octanol–water partition coefficient (Wildman–Crippen LogP) is 2.56. The summed E-state index contributed by atoms with van der Waals surface area (Å²) in [5.74, 6) is 0.372. The summed E-state index contributed by atoms with van der Waals surface area (Å²) in [6.45, 7) is -0.195. The van der Waals surface area contributed by atoms with Crippen LogP contribution in [0.15, 0.2) is 5.38 Å². The molecular formula is C12H18F2N2OS. The van der Waals surface area contributed by atoms with Gasteiger partial charge in [0.05, 0.1) is 17.3 Å². The normalized spacial score (nSPS) is 24.0. The highest BCUT2D eigenvalue weighted by Crippen LogP contribution is 2.33. The molecule has 1 saturated carbocycles. The molecule has 0 bridgehead atoms. The van der Waals surface area contributed by atoms with Gasteiger partial charge >= 0.3 is 0 Å². The Labute approximate surface area is 109 Å². The Hall–Kier alpha value is -0.590. The number of nitrogens with two attached hydrogens (primary N) is 1. The van der Waals surface area contributed by atoms with Gasteiger partial charge in [-0.2, -0.15) is 0 Å². The van der Waals surface area contributed by atoms with Crippen LogP contribution in [0.4, 0.5) is 8.78 Å². The van der Waals surface area contributed by atoms with Crippen LogP contribution in [-0.2, 0) is 11.2 Å². The van der Waals surface area contributed by atoms with Crippen LogP contribution in [0, 0.1) is 0 Å². The molecule has 0 radical (unpaired) electrons. The van der Waals surface area contributed by atoms with Gasteiger partial charge in [-0.25, -0.2) is 13.8 Å². The molecule has 0 aliphatic heterocycles. The number of hydrogen-bond donors (Lipinski definition) is 1. The predicted molar refractivity (Wildman–Crippen MR) is 67.2 cm³/mol. The second-order valence-electron chi connectivity index (χ2n) is 4.58. The van der Waals surface area contributed by atoms with Gasteiger partial charge in [0.25, 0.3) is 6.43 Å². The van der Waals surface area contributed by atoms with E-state index in [0.717, 1.165) is 30.0 Å². The van der Waals surface area contributed by atoms with Crippen molar-refractivity contribution in [2.24, 2.45) is 5.73 Å². The van der Waals surface area contributed by atoms with E-state index < -0.39 is 13.0 Å². The third-order valence-electron chi connectivity index (χ3n) is 3.22. The molecule has 0 saturated heterocycles. The highest BCUT2D eigenvalue weighted by atomic mass is 32.1. The van der Waals surface area contributed by atoms with E-state index in [-0.39, 0.29) is 6.04 Å². The van der Waals surface area contributed by atoms with E-state index >= 15 is 0 Å². The molecule has 1 fully saturated rings. The molecule has 1 heterocycles. The summed E-state index contributed by atoms with van der Waals surface area (Å²) in [6, 6.07) is 0.218. The smallest absolute Gasteiger partial charge is 0.261 e. The summed E-state index contributed by atoms with van der Waals surface area (Å²) in [7, 11) is 0. The maximum atomic E-state index is 11.9. The van der Waals surface area contributed by atoms with Gasteiger partial charge in [-0.05, 0) is 12.8 Å². The fourth-order valence-electron chi connectivity index (χ4n) is 2.30. The number of rotatable bonds is 6. The molecule has 1 aliphatic carbocycles. The minimum atomic E-state index is -2.40. The zero-order valence-electron chi connectivity index (χ0n) is 10.1. The number of alkyl halides is 2. The quantitative estimate of drug-likeness (QED) is 0.812. The molecular weight excluding hydrogens is 258 g/mol. The second-order valence-corrected chi connectivity index (χ2v) is 5.53. The zero-order chi connectivity index (χ0) is 13.0. The maximum Gasteiger partial charge on any atom is 0.261 e. The first-order valence-corrected chi connectivity index (χ1v) is 7.10. The van der Waals surface area contributed by atoms with Crippen LogP contribution in [0.25, 0.3) is 0 Å². The van der Waals surface area contributed by atoms with Gasteiger partial charge in [-0.3, -0.25) is 0 Å². The highest BCUT2D eigenvalue weighted by molar-refractivity contribution is 7.09. The van der Waals surface area contributed by atoms with Gasteiger partial charge in [0.1, 0.15) is 6.61 Å². The summed E-state index contributed by atoms with van der Waals surface area (Å²) in [6.07, 6.45) is 1.53. The lowest BCUT2D eigenvalue weighted by Gasteiger charge is -2.11.